The summed E-state index contributed by atoms with van der Waals surface area (Å²) < 4.78 is 29.4. The molecular weight excluding hydrogens is 310 g/mol. The van der Waals surface area contributed by atoms with Crippen molar-refractivity contribution >= 4 is 10.0 Å². The topological polar surface area (TPSA) is 64.0 Å². The van der Waals surface area contributed by atoms with E-state index in [0.29, 0.717) is 0 Å². The van der Waals surface area contributed by atoms with Crippen molar-refractivity contribution in [2.45, 2.75) is 57.0 Å². The van der Waals surface area contributed by atoms with Crippen molar-refractivity contribution in [3.8, 4) is 0 Å². The first-order valence-corrected chi connectivity index (χ1v) is 9.40. The Hall–Kier alpha value is -1.66. The van der Waals surface area contributed by atoms with Crippen molar-refractivity contribution in [3.63, 3.8) is 0 Å². The summed E-state index contributed by atoms with van der Waals surface area (Å²) in [5.41, 5.74) is 3.08. The summed E-state index contributed by atoms with van der Waals surface area (Å²) in [6.07, 6.45) is 2.14. The van der Waals surface area contributed by atoms with Gasteiger partial charge in [-0.2, -0.15) is 5.10 Å². The summed E-state index contributed by atoms with van der Waals surface area (Å²) in [7, 11) is -3.51. The predicted molar refractivity (Wildman–Crippen MR) is 89.7 cm³/mol. The number of fused-ring (bicyclic) bond motifs is 1. The van der Waals surface area contributed by atoms with Gasteiger partial charge in [0, 0.05) is 12.2 Å². The summed E-state index contributed by atoms with van der Waals surface area (Å²) in [5, 5.41) is 4.42. The van der Waals surface area contributed by atoms with Crippen LogP contribution in [-0.4, -0.2) is 18.2 Å². The molecule has 5 nitrogen and oxygen atoms in total. The second-order valence-electron chi connectivity index (χ2n) is 7.05. The number of hydrogen-bond donors (Lipinski definition) is 1. The van der Waals surface area contributed by atoms with Crippen molar-refractivity contribution in [2.24, 2.45) is 0 Å². The van der Waals surface area contributed by atoms with Gasteiger partial charge >= 0.3 is 0 Å². The number of nitrogens with zero attached hydrogens (tertiary/aromatic N) is 2. The summed E-state index contributed by atoms with van der Waals surface area (Å²) >= 11 is 0. The van der Waals surface area contributed by atoms with E-state index in [-0.39, 0.29) is 16.9 Å². The fraction of sp³-hybridized carbons (Fsp3) is 0.471. The first-order valence-electron chi connectivity index (χ1n) is 7.91. The van der Waals surface area contributed by atoms with Crippen LogP contribution in [-0.2, 0) is 34.9 Å². The summed E-state index contributed by atoms with van der Waals surface area (Å²) in [4.78, 5) is 0.289. The fourth-order valence-electron chi connectivity index (χ4n) is 2.79. The first kappa shape index (κ1) is 16.2. The third-order valence-electron chi connectivity index (χ3n) is 4.19. The Morgan fingerprint density at radius 2 is 1.91 bits per heavy atom. The molecule has 6 heteroatoms. The normalized spacial score (nSPS) is 14.9. The van der Waals surface area contributed by atoms with Crippen molar-refractivity contribution in [1.82, 2.24) is 14.5 Å². The number of rotatable bonds is 4. The van der Waals surface area contributed by atoms with Gasteiger partial charge in [0.2, 0.25) is 10.0 Å². The maximum absolute atomic E-state index is 12.4. The lowest BCUT2D eigenvalue weighted by Gasteiger charge is -2.19. The molecular formula is C17H23N3O2S. The van der Waals surface area contributed by atoms with Gasteiger partial charge in [0.1, 0.15) is 0 Å². The minimum absolute atomic E-state index is 0.00666. The Labute approximate surface area is 137 Å². The highest BCUT2D eigenvalue weighted by atomic mass is 32.2. The number of aromatic nitrogens is 2. The third kappa shape index (κ3) is 3.48. The zero-order chi connectivity index (χ0) is 16.7. The molecule has 0 saturated carbocycles. The molecule has 3 rings (SSSR count). The highest BCUT2D eigenvalue weighted by molar-refractivity contribution is 7.89. The molecule has 2 aromatic rings. The molecule has 1 aromatic carbocycles. The van der Waals surface area contributed by atoms with Gasteiger partial charge in [-0.05, 0) is 42.0 Å². The Kier molecular flexibility index (Phi) is 4.06. The lowest BCUT2D eigenvalue weighted by atomic mass is 9.87. The maximum Gasteiger partial charge on any atom is 0.240 e. The van der Waals surface area contributed by atoms with Crippen molar-refractivity contribution in [3.05, 3.63) is 47.3 Å². The molecule has 23 heavy (non-hydrogen) atoms. The fourth-order valence-corrected chi connectivity index (χ4v) is 3.79. The van der Waals surface area contributed by atoms with Crippen molar-refractivity contribution in [1.29, 1.82) is 0 Å². The standard InChI is InChI=1S/C17H23N3O2S/c1-17(2,3)13-6-8-16(9-7-13)23(21,22)18-12-14-11-15-5-4-10-20(15)19-14/h6-9,11,18H,4-5,10,12H2,1-3H3. The van der Waals surface area contributed by atoms with Gasteiger partial charge < -0.3 is 0 Å². The molecule has 0 unspecified atom stereocenters. The Morgan fingerprint density at radius 1 is 1.22 bits per heavy atom. The highest BCUT2D eigenvalue weighted by Gasteiger charge is 2.19. The van der Waals surface area contributed by atoms with Gasteiger partial charge in [0.05, 0.1) is 17.1 Å². The molecule has 0 saturated heterocycles. The van der Waals surface area contributed by atoms with Crippen molar-refractivity contribution in [2.75, 3.05) is 0 Å². The molecule has 0 fully saturated rings. The van der Waals surface area contributed by atoms with E-state index in [1.807, 2.05) is 22.9 Å². The van der Waals surface area contributed by atoms with Crippen LogP contribution in [0, 0.1) is 0 Å². The molecule has 0 spiro atoms. The van der Waals surface area contributed by atoms with Crippen molar-refractivity contribution < 1.29 is 8.42 Å². The lowest BCUT2D eigenvalue weighted by molar-refractivity contribution is 0.575. The first-order chi connectivity index (χ1) is 10.8. The second-order valence-corrected chi connectivity index (χ2v) is 8.82. The van der Waals surface area contributed by atoms with Gasteiger partial charge in [0.25, 0.3) is 0 Å². The van der Waals surface area contributed by atoms with Crippen LogP contribution >= 0.6 is 0 Å². The minimum atomic E-state index is -3.51. The molecule has 1 aliphatic rings. The van der Waals surface area contributed by atoms with E-state index in [4.69, 9.17) is 0 Å². The average Bonchev–Trinajstić information content (AvgIpc) is 3.05. The summed E-state index contributed by atoms with van der Waals surface area (Å²) in [6.45, 7) is 7.46. The monoisotopic (exact) mass is 333 g/mol. The second kappa shape index (κ2) is 5.76. The average molecular weight is 333 g/mol. The van der Waals surface area contributed by atoms with Gasteiger partial charge in [-0.15, -0.1) is 0 Å². The molecule has 124 valence electrons. The maximum atomic E-state index is 12.4. The van der Waals surface area contributed by atoms with E-state index >= 15 is 0 Å². The van der Waals surface area contributed by atoms with Gasteiger partial charge in [-0.1, -0.05) is 32.9 Å². The summed E-state index contributed by atoms with van der Waals surface area (Å²) in [6, 6.07) is 9.06. The number of hydrogen-bond acceptors (Lipinski definition) is 3. The molecule has 0 atom stereocenters. The number of sulfonamides is 1. The molecule has 0 bridgehead atoms. The molecule has 2 heterocycles. The van der Waals surface area contributed by atoms with E-state index in [1.54, 1.807) is 12.1 Å². The summed E-state index contributed by atoms with van der Waals surface area (Å²) in [5.74, 6) is 0. The van der Waals surface area contributed by atoms with E-state index in [2.05, 4.69) is 30.6 Å². The van der Waals surface area contributed by atoms with Crippen LogP contribution in [0.15, 0.2) is 35.2 Å². The smallest absolute Gasteiger partial charge is 0.240 e. The van der Waals surface area contributed by atoms with Crippen LogP contribution in [0.1, 0.15) is 44.1 Å². The predicted octanol–water partition coefficient (Wildman–Crippen LogP) is 2.61. The minimum Gasteiger partial charge on any atom is -0.269 e. The number of nitrogens with one attached hydrogen (secondary N) is 1. The zero-order valence-corrected chi connectivity index (χ0v) is 14.7. The van der Waals surface area contributed by atoms with Crippen LogP contribution < -0.4 is 4.72 Å². The molecule has 0 amide bonds. The zero-order valence-electron chi connectivity index (χ0n) is 13.8. The van der Waals surface area contributed by atoms with E-state index < -0.39 is 10.0 Å². The molecule has 0 radical (unpaired) electrons. The third-order valence-corrected chi connectivity index (χ3v) is 5.61. The molecule has 0 aliphatic carbocycles. The van der Waals surface area contributed by atoms with Gasteiger partial charge in [-0.3, -0.25) is 4.68 Å². The molecule has 1 aliphatic heterocycles. The molecule has 1 aromatic heterocycles. The quantitative estimate of drug-likeness (QED) is 0.935. The van der Waals surface area contributed by atoms with Gasteiger partial charge in [-0.25, -0.2) is 13.1 Å². The van der Waals surface area contributed by atoms with Crippen LogP contribution in [0.5, 0.6) is 0 Å². The largest absolute Gasteiger partial charge is 0.269 e. The van der Waals surface area contributed by atoms with Crippen LogP contribution in [0.4, 0.5) is 0 Å². The van der Waals surface area contributed by atoms with E-state index in [0.717, 1.165) is 30.6 Å². The Balaban J connectivity index is 1.71. The van der Waals surface area contributed by atoms with Gasteiger partial charge in [0.15, 0.2) is 0 Å². The van der Waals surface area contributed by atoms with E-state index in [1.165, 1.54) is 5.69 Å². The molecule has 1 N–H and O–H groups in total. The van der Waals surface area contributed by atoms with E-state index in [9.17, 15) is 8.42 Å². The van der Waals surface area contributed by atoms with Crippen LogP contribution in [0.3, 0.4) is 0 Å². The van der Waals surface area contributed by atoms with Crippen LogP contribution in [0.2, 0.25) is 0 Å². The SMILES string of the molecule is CC(C)(C)c1ccc(S(=O)(=O)NCc2cc3n(n2)CCC3)cc1. The Morgan fingerprint density at radius 3 is 2.52 bits per heavy atom. The lowest BCUT2D eigenvalue weighted by Crippen LogP contribution is -2.23. The number of benzene rings is 1. The highest BCUT2D eigenvalue weighted by Crippen LogP contribution is 2.23. The van der Waals surface area contributed by atoms with Crippen LogP contribution in [0.25, 0.3) is 0 Å². The Bertz CT molecular complexity index is 778. The number of aryl methyl sites for hydroxylation is 2.